The maximum Gasteiger partial charge on any atom is 0.170 e. The zero-order valence-corrected chi connectivity index (χ0v) is 15.5. The van der Waals surface area contributed by atoms with Crippen LogP contribution in [0, 0.1) is 0 Å². The summed E-state index contributed by atoms with van der Waals surface area (Å²) in [5, 5.41) is 7.89. The van der Waals surface area contributed by atoms with Crippen molar-refractivity contribution in [3.8, 4) is 0 Å². The zero-order valence-electron chi connectivity index (χ0n) is 13.1. The molecule has 0 unspecified atom stereocenters. The van der Waals surface area contributed by atoms with Gasteiger partial charge in [0.1, 0.15) is 0 Å². The first-order valence-corrected chi connectivity index (χ1v) is 9.57. The van der Waals surface area contributed by atoms with E-state index in [0.717, 1.165) is 35.2 Å². The van der Waals surface area contributed by atoms with Crippen molar-refractivity contribution in [1.82, 2.24) is 5.32 Å². The van der Waals surface area contributed by atoms with Crippen molar-refractivity contribution in [2.24, 2.45) is 0 Å². The first kappa shape index (κ1) is 18.1. The summed E-state index contributed by atoms with van der Waals surface area (Å²) < 4.78 is 0. The first-order valence-electron chi connectivity index (χ1n) is 7.63. The van der Waals surface area contributed by atoms with E-state index in [0.29, 0.717) is 5.11 Å². The second-order valence-electron chi connectivity index (χ2n) is 5.11. The van der Waals surface area contributed by atoms with Gasteiger partial charge in [0.15, 0.2) is 5.11 Å². The smallest absolute Gasteiger partial charge is 0.170 e. The largest absolute Gasteiger partial charge is 0.362 e. The molecule has 0 heterocycles. The van der Waals surface area contributed by atoms with E-state index in [1.807, 2.05) is 23.9 Å². The molecular weight excluding hydrogens is 344 g/mol. The molecule has 0 saturated heterocycles. The minimum absolute atomic E-state index is 0.668. The minimum Gasteiger partial charge on any atom is -0.362 e. The summed E-state index contributed by atoms with van der Waals surface area (Å²) in [5.74, 6) is 1.98. The quantitative estimate of drug-likeness (QED) is 0.525. The molecule has 2 N–H and O–H groups in total. The number of thioether (sulfide) groups is 1. The van der Waals surface area contributed by atoms with Crippen LogP contribution >= 0.6 is 35.6 Å². The van der Waals surface area contributed by atoms with Gasteiger partial charge in [-0.25, -0.2) is 0 Å². The summed E-state index contributed by atoms with van der Waals surface area (Å²) in [7, 11) is 0. The van der Waals surface area contributed by atoms with Crippen molar-refractivity contribution < 1.29 is 0 Å². The Labute approximate surface area is 153 Å². The lowest BCUT2D eigenvalue weighted by atomic mass is 10.1. The van der Waals surface area contributed by atoms with E-state index < -0.39 is 0 Å². The Morgan fingerprint density at radius 2 is 1.70 bits per heavy atom. The van der Waals surface area contributed by atoms with E-state index in [-0.39, 0.29) is 0 Å². The number of hydrogen-bond donors (Lipinski definition) is 2. The van der Waals surface area contributed by atoms with Crippen LogP contribution in [0.5, 0.6) is 0 Å². The Bertz CT molecular complexity index is 612. The van der Waals surface area contributed by atoms with Gasteiger partial charge in [0.2, 0.25) is 0 Å². The molecule has 5 heteroatoms. The van der Waals surface area contributed by atoms with Gasteiger partial charge in [0.05, 0.1) is 0 Å². The van der Waals surface area contributed by atoms with Crippen LogP contribution in [-0.2, 0) is 12.2 Å². The molecule has 2 nitrogen and oxygen atoms in total. The second kappa shape index (κ2) is 9.81. The number of hydrogen-bond acceptors (Lipinski definition) is 2. The van der Waals surface area contributed by atoms with Crippen molar-refractivity contribution >= 4 is 46.4 Å². The van der Waals surface area contributed by atoms with Crippen molar-refractivity contribution in [3.05, 3.63) is 64.7 Å². The van der Waals surface area contributed by atoms with E-state index in [1.54, 1.807) is 0 Å². The average molecular weight is 365 g/mol. The van der Waals surface area contributed by atoms with Gasteiger partial charge in [-0.2, -0.15) is 11.8 Å². The van der Waals surface area contributed by atoms with E-state index in [9.17, 15) is 0 Å². The standard InChI is InChI=1S/C18H21ClN2S2/c1-2-14-5-9-17(10-6-14)21-18(22)20-11-12-23-13-15-3-7-16(19)8-4-15/h3-10H,2,11-13H2,1H3,(H2,20,21,22). The van der Waals surface area contributed by atoms with E-state index >= 15 is 0 Å². The monoisotopic (exact) mass is 364 g/mol. The Balaban J connectivity index is 1.61. The first-order chi connectivity index (χ1) is 11.2. The van der Waals surface area contributed by atoms with Crippen molar-refractivity contribution in [2.75, 3.05) is 17.6 Å². The number of halogens is 1. The number of benzene rings is 2. The summed E-state index contributed by atoms with van der Waals surface area (Å²) in [6.07, 6.45) is 1.05. The topological polar surface area (TPSA) is 24.1 Å². The van der Waals surface area contributed by atoms with E-state index in [4.69, 9.17) is 23.8 Å². The van der Waals surface area contributed by atoms with Crippen LogP contribution in [0.2, 0.25) is 5.02 Å². The maximum absolute atomic E-state index is 5.88. The SMILES string of the molecule is CCc1ccc(NC(=S)NCCSCc2ccc(Cl)cc2)cc1. The van der Waals surface area contributed by atoms with Gasteiger partial charge in [-0.1, -0.05) is 42.8 Å². The van der Waals surface area contributed by atoms with Gasteiger partial charge >= 0.3 is 0 Å². The molecule has 2 aromatic rings. The van der Waals surface area contributed by atoms with Gasteiger partial charge < -0.3 is 10.6 Å². The number of nitrogens with one attached hydrogen (secondary N) is 2. The summed E-state index contributed by atoms with van der Waals surface area (Å²) >= 11 is 13.1. The van der Waals surface area contributed by atoms with E-state index in [1.165, 1.54) is 11.1 Å². The third-order valence-electron chi connectivity index (χ3n) is 3.33. The molecule has 0 aliphatic heterocycles. The Morgan fingerprint density at radius 3 is 2.35 bits per heavy atom. The molecule has 2 aromatic carbocycles. The van der Waals surface area contributed by atoms with Crippen LogP contribution in [-0.4, -0.2) is 17.4 Å². The third kappa shape index (κ3) is 6.81. The summed E-state index contributed by atoms with van der Waals surface area (Å²) in [4.78, 5) is 0. The molecule has 0 bridgehead atoms. The normalized spacial score (nSPS) is 10.3. The molecule has 0 aliphatic rings. The fourth-order valence-electron chi connectivity index (χ4n) is 2.01. The van der Waals surface area contributed by atoms with Gasteiger partial charge in [-0.15, -0.1) is 0 Å². The second-order valence-corrected chi connectivity index (χ2v) is 7.06. The lowest BCUT2D eigenvalue weighted by Gasteiger charge is -2.11. The number of anilines is 1. The van der Waals surface area contributed by atoms with Crippen LogP contribution in [0.15, 0.2) is 48.5 Å². The lowest BCUT2D eigenvalue weighted by Crippen LogP contribution is -2.30. The molecule has 122 valence electrons. The molecule has 0 fully saturated rings. The number of thiocarbonyl (C=S) groups is 1. The zero-order chi connectivity index (χ0) is 16.5. The molecule has 0 atom stereocenters. The Morgan fingerprint density at radius 1 is 1.04 bits per heavy atom. The lowest BCUT2D eigenvalue weighted by molar-refractivity contribution is 0.989. The molecule has 23 heavy (non-hydrogen) atoms. The van der Waals surface area contributed by atoms with Gasteiger partial charge in [-0.05, 0) is 54.0 Å². The Kier molecular flexibility index (Phi) is 7.72. The fourth-order valence-corrected chi connectivity index (χ4v) is 3.17. The highest BCUT2D eigenvalue weighted by Crippen LogP contribution is 2.15. The highest BCUT2D eigenvalue weighted by molar-refractivity contribution is 7.98. The number of aryl methyl sites for hydroxylation is 1. The molecular formula is C18H21ClN2S2. The number of rotatable bonds is 7. The predicted octanol–water partition coefficient (Wildman–Crippen LogP) is 5.12. The van der Waals surface area contributed by atoms with Crippen LogP contribution in [0.3, 0.4) is 0 Å². The highest BCUT2D eigenvalue weighted by Gasteiger charge is 1.98. The van der Waals surface area contributed by atoms with Crippen molar-refractivity contribution in [2.45, 2.75) is 19.1 Å². The van der Waals surface area contributed by atoms with Crippen molar-refractivity contribution in [1.29, 1.82) is 0 Å². The minimum atomic E-state index is 0.668. The summed E-state index contributed by atoms with van der Waals surface area (Å²) in [6, 6.07) is 16.3. The molecule has 0 aromatic heterocycles. The predicted molar refractivity (Wildman–Crippen MR) is 108 cm³/mol. The van der Waals surface area contributed by atoms with Gasteiger partial charge in [0, 0.05) is 28.8 Å². The highest BCUT2D eigenvalue weighted by atomic mass is 35.5. The van der Waals surface area contributed by atoms with Gasteiger partial charge in [-0.3, -0.25) is 0 Å². The van der Waals surface area contributed by atoms with Crippen LogP contribution in [0.25, 0.3) is 0 Å². The van der Waals surface area contributed by atoms with Crippen LogP contribution in [0.4, 0.5) is 5.69 Å². The maximum atomic E-state index is 5.88. The third-order valence-corrected chi connectivity index (χ3v) is 4.86. The Hall–Kier alpha value is -1.23. The van der Waals surface area contributed by atoms with Crippen LogP contribution < -0.4 is 10.6 Å². The van der Waals surface area contributed by atoms with E-state index in [2.05, 4.69) is 54.0 Å². The summed E-state index contributed by atoms with van der Waals surface area (Å²) in [6.45, 7) is 2.99. The van der Waals surface area contributed by atoms with Crippen LogP contribution in [0.1, 0.15) is 18.1 Å². The van der Waals surface area contributed by atoms with Crippen molar-refractivity contribution in [3.63, 3.8) is 0 Å². The van der Waals surface area contributed by atoms with Gasteiger partial charge in [0.25, 0.3) is 0 Å². The molecule has 0 amide bonds. The molecule has 0 spiro atoms. The molecule has 0 aliphatic carbocycles. The summed E-state index contributed by atoms with van der Waals surface area (Å²) in [5.41, 5.74) is 3.64. The average Bonchev–Trinajstić information content (AvgIpc) is 2.57. The molecule has 0 saturated carbocycles. The molecule has 0 radical (unpaired) electrons. The molecule has 2 rings (SSSR count). The fraction of sp³-hybridized carbons (Fsp3) is 0.278.